The second-order valence-electron chi connectivity index (χ2n) is 2.23. The minimum atomic E-state index is -4.78. The fourth-order valence-corrected chi connectivity index (χ4v) is 1.75. The van der Waals surface area contributed by atoms with Crippen LogP contribution in [0.1, 0.15) is 0 Å². The molecule has 3 nitrogen and oxygen atoms in total. The lowest BCUT2D eigenvalue weighted by Gasteiger charge is -2.02. The third-order valence-electron chi connectivity index (χ3n) is 1.40. The van der Waals surface area contributed by atoms with Crippen molar-refractivity contribution in [2.75, 3.05) is 7.11 Å². The van der Waals surface area contributed by atoms with Crippen molar-refractivity contribution >= 4 is 21.8 Å². The van der Waals surface area contributed by atoms with Gasteiger partial charge in [-0.15, -0.1) is 3.89 Å². The summed E-state index contributed by atoms with van der Waals surface area (Å²) in [6.45, 7) is 0. The van der Waals surface area contributed by atoms with Crippen molar-refractivity contribution in [1.29, 1.82) is 0 Å². The van der Waals surface area contributed by atoms with Crippen LogP contribution in [0.15, 0.2) is 23.1 Å². The molecular formula is C7H6ClFO3S. The average Bonchev–Trinajstić information content (AvgIpc) is 2.03. The van der Waals surface area contributed by atoms with Crippen LogP contribution in [-0.4, -0.2) is 15.5 Å². The smallest absolute Gasteiger partial charge is 0.333 e. The van der Waals surface area contributed by atoms with Gasteiger partial charge in [0.2, 0.25) is 0 Å². The van der Waals surface area contributed by atoms with Crippen LogP contribution >= 0.6 is 11.6 Å². The SMILES string of the molecule is COc1ccc(Cl)c(S(=O)(=O)F)c1. The molecule has 0 fully saturated rings. The van der Waals surface area contributed by atoms with Gasteiger partial charge in [0.05, 0.1) is 12.1 Å². The highest BCUT2D eigenvalue weighted by Gasteiger charge is 2.17. The minimum absolute atomic E-state index is 0.164. The average molecular weight is 225 g/mol. The normalized spacial score (nSPS) is 11.3. The molecule has 1 rings (SSSR count). The van der Waals surface area contributed by atoms with Crippen LogP contribution in [0, 0.1) is 0 Å². The third-order valence-corrected chi connectivity index (χ3v) is 2.71. The Kier molecular flexibility index (Phi) is 2.77. The van der Waals surface area contributed by atoms with E-state index in [0.29, 0.717) is 0 Å². The maximum atomic E-state index is 12.5. The largest absolute Gasteiger partial charge is 0.497 e. The van der Waals surface area contributed by atoms with Gasteiger partial charge < -0.3 is 4.74 Å². The van der Waals surface area contributed by atoms with E-state index in [1.165, 1.54) is 19.2 Å². The molecule has 13 heavy (non-hydrogen) atoms. The first-order valence-electron chi connectivity index (χ1n) is 3.23. The standard InChI is InChI=1S/C7H6ClFO3S/c1-12-5-2-3-6(8)7(4-5)13(9,10)11/h2-4H,1H3. The van der Waals surface area contributed by atoms with Crippen LogP contribution in [0.2, 0.25) is 5.02 Å². The highest BCUT2D eigenvalue weighted by atomic mass is 35.5. The summed E-state index contributed by atoms with van der Waals surface area (Å²) in [4.78, 5) is -0.575. The molecule has 1 aromatic rings. The Bertz CT molecular complexity index is 416. The molecule has 0 bridgehead atoms. The zero-order chi connectivity index (χ0) is 10.1. The molecule has 72 valence electrons. The molecule has 0 saturated heterocycles. The highest BCUT2D eigenvalue weighted by molar-refractivity contribution is 7.86. The number of methoxy groups -OCH3 is 1. The van der Waals surface area contributed by atoms with Gasteiger partial charge in [0.15, 0.2) is 0 Å². The molecule has 0 N–H and O–H groups in total. The molecule has 0 saturated carbocycles. The number of halogens is 2. The lowest BCUT2D eigenvalue weighted by atomic mass is 10.3. The van der Waals surface area contributed by atoms with Crippen molar-refractivity contribution in [3.8, 4) is 5.75 Å². The van der Waals surface area contributed by atoms with E-state index in [0.717, 1.165) is 6.07 Å². The fraction of sp³-hybridized carbons (Fsp3) is 0.143. The van der Waals surface area contributed by atoms with E-state index in [4.69, 9.17) is 16.3 Å². The quantitative estimate of drug-likeness (QED) is 0.722. The number of ether oxygens (including phenoxy) is 1. The first-order valence-corrected chi connectivity index (χ1v) is 4.99. The molecule has 0 aromatic heterocycles. The van der Waals surface area contributed by atoms with Gasteiger partial charge in [0.1, 0.15) is 10.6 Å². The molecule has 0 aliphatic carbocycles. The Hall–Kier alpha value is -0.810. The van der Waals surface area contributed by atoms with Gasteiger partial charge in [0.25, 0.3) is 0 Å². The van der Waals surface area contributed by atoms with Crippen LogP contribution in [0.4, 0.5) is 3.89 Å². The van der Waals surface area contributed by atoms with Crippen LogP contribution < -0.4 is 4.74 Å². The summed E-state index contributed by atoms with van der Waals surface area (Å²) in [5.74, 6) is 0.237. The Morgan fingerprint density at radius 3 is 2.54 bits per heavy atom. The molecule has 6 heteroatoms. The third kappa shape index (κ3) is 2.32. The Morgan fingerprint density at radius 1 is 1.46 bits per heavy atom. The van der Waals surface area contributed by atoms with Gasteiger partial charge in [-0.1, -0.05) is 11.6 Å². The first kappa shape index (κ1) is 10.3. The Labute approximate surface area is 80.3 Å². The van der Waals surface area contributed by atoms with Gasteiger partial charge >= 0.3 is 10.2 Å². The van der Waals surface area contributed by atoms with Gasteiger partial charge in [0, 0.05) is 6.07 Å². The zero-order valence-electron chi connectivity index (χ0n) is 6.62. The lowest BCUT2D eigenvalue weighted by Crippen LogP contribution is -1.94. The van der Waals surface area contributed by atoms with Gasteiger partial charge in [-0.2, -0.15) is 8.42 Å². The van der Waals surface area contributed by atoms with Crippen LogP contribution in [0.25, 0.3) is 0 Å². The second-order valence-corrected chi connectivity index (χ2v) is 3.96. The summed E-state index contributed by atoms with van der Waals surface area (Å²) < 4.78 is 38.3. The molecule has 0 unspecified atom stereocenters. The van der Waals surface area contributed by atoms with Crippen molar-refractivity contribution in [2.45, 2.75) is 4.90 Å². The van der Waals surface area contributed by atoms with E-state index >= 15 is 0 Å². The number of benzene rings is 1. The van der Waals surface area contributed by atoms with Crippen molar-refractivity contribution in [3.63, 3.8) is 0 Å². The lowest BCUT2D eigenvalue weighted by molar-refractivity contribution is 0.413. The Morgan fingerprint density at radius 2 is 2.08 bits per heavy atom. The van der Waals surface area contributed by atoms with Crippen LogP contribution in [0.5, 0.6) is 5.75 Å². The molecular weight excluding hydrogens is 219 g/mol. The van der Waals surface area contributed by atoms with Crippen molar-refractivity contribution in [2.24, 2.45) is 0 Å². The van der Waals surface area contributed by atoms with Crippen molar-refractivity contribution < 1.29 is 17.0 Å². The predicted molar refractivity (Wildman–Crippen MR) is 46.3 cm³/mol. The minimum Gasteiger partial charge on any atom is -0.497 e. The molecule has 0 amide bonds. The summed E-state index contributed by atoms with van der Waals surface area (Å²) in [6.07, 6.45) is 0. The molecule has 0 radical (unpaired) electrons. The van der Waals surface area contributed by atoms with E-state index in [1.54, 1.807) is 0 Å². The van der Waals surface area contributed by atoms with E-state index in [-0.39, 0.29) is 10.8 Å². The van der Waals surface area contributed by atoms with E-state index in [9.17, 15) is 12.3 Å². The molecule has 0 aliphatic heterocycles. The maximum absolute atomic E-state index is 12.5. The summed E-state index contributed by atoms with van der Waals surface area (Å²) in [6, 6.07) is 3.72. The summed E-state index contributed by atoms with van der Waals surface area (Å²) in [5.41, 5.74) is 0. The van der Waals surface area contributed by atoms with Crippen LogP contribution in [0.3, 0.4) is 0 Å². The molecule has 1 aromatic carbocycles. The first-order chi connectivity index (χ1) is 5.95. The molecule has 0 atom stereocenters. The highest BCUT2D eigenvalue weighted by Crippen LogP contribution is 2.27. The summed E-state index contributed by atoms with van der Waals surface area (Å²) in [5, 5.41) is -0.164. The number of rotatable bonds is 2. The molecule has 0 spiro atoms. The predicted octanol–water partition coefficient (Wildman–Crippen LogP) is 2.01. The fourth-order valence-electron chi connectivity index (χ4n) is 0.798. The van der Waals surface area contributed by atoms with Crippen molar-refractivity contribution in [1.82, 2.24) is 0 Å². The molecule has 0 heterocycles. The van der Waals surface area contributed by atoms with Gasteiger partial charge in [-0.3, -0.25) is 0 Å². The number of hydrogen-bond donors (Lipinski definition) is 0. The Balaban J connectivity index is 3.36. The topological polar surface area (TPSA) is 43.4 Å². The van der Waals surface area contributed by atoms with Gasteiger partial charge in [-0.05, 0) is 12.1 Å². The monoisotopic (exact) mass is 224 g/mol. The molecule has 0 aliphatic rings. The summed E-state index contributed by atoms with van der Waals surface area (Å²) in [7, 11) is -3.43. The zero-order valence-corrected chi connectivity index (χ0v) is 8.19. The van der Waals surface area contributed by atoms with E-state index in [2.05, 4.69) is 0 Å². The van der Waals surface area contributed by atoms with E-state index in [1.807, 2.05) is 0 Å². The maximum Gasteiger partial charge on any atom is 0.333 e. The van der Waals surface area contributed by atoms with E-state index < -0.39 is 15.1 Å². The second kappa shape index (κ2) is 3.51. The summed E-state index contributed by atoms with van der Waals surface area (Å²) >= 11 is 5.46. The number of hydrogen-bond acceptors (Lipinski definition) is 3. The van der Waals surface area contributed by atoms with Crippen LogP contribution in [-0.2, 0) is 10.2 Å². The van der Waals surface area contributed by atoms with Crippen molar-refractivity contribution in [3.05, 3.63) is 23.2 Å². The van der Waals surface area contributed by atoms with Gasteiger partial charge in [-0.25, -0.2) is 0 Å².